The molecule has 2 heterocycles. The van der Waals surface area contributed by atoms with Crippen LogP contribution in [0.5, 0.6) is 0 Å². The molecule has 0 aromatic carbocycles. The summed E-state index contributed by atoms with van der Waals surface area (Å²) in [5.74, 6) is 0.0407. The van der Waals surface area contributed by atoms with Crippen molar-refractivity contribution in [3.8, 4) is 9.75 Å². The second-order valence-corrected chi connectivity index (χ2v) is 6.27. The molecular formula is C11H10ClNOS2. The first kappa shape index (κ1) is 11.6. The Morgan fingerprint density at radius 3 is 2.31 bits per heavy atom. The first-order chi connectivity index (χ1) is 7.58. The van der Waals surface area contributed by atoms with E-state index >= 15 is 0 Å². The normalized spacial score (nSPS) is 10.4. The van der Waals surface area contributed by atoms with Crippen molar-refractivity contribution in [1.82, 2.24) is 4.90 Å². The van der Waals surface area contributed by atoms with Crippen LogP contribution in [-0.2, 0) is 0 Å². The largest absolute Gasteiger partial charge is 0.344 e. The lowest BCUT2D eigenvalue weighted by Gasteiger charge is -2.06. The molecule has 2 nitrogen and oxygen atoms in total. The molecule has 0 unspecified atom stereocenters. The summed E-state index contributed by atoms with van der Waals surface area (Å²) in [6.45, 7) is 0. The van der Waals surface area contributed by atoms with Gasteiger partial charge in [-0.2, -0.15) is 0 Å². The summed E-state index contributed by atoms with van der Waals surface area (Å²) in [4.78, 5) is 16.2. The summed E-state index contributed by atoms with van der Waals surface area (Å²) in [5.41, 5.74) is 0. The van der Waals surface area contributed by atoms with Crippen molar-refractivity contribution in [3.05, 3.63) is 33.5 Å². The standard InChI is InChI=1S/C11H10ClNOS2/c1-13(2)11(14)9-4-3-7(15-9)8-5-6-10(12)16-8/h3-6H,1-2H3. The summed E-state index contributed by atoms with van der Waals surface area (Å²) in [6.07, 6.45) is 0. The molecule has 0 saturated heterocycles. The highest BCUT2D eigenvalue weighted by Gasteiger charge is 2.12. The van der Waals surface area contributed by atoms with E-state index in [1.54, 1.807) is 19.0 Å². The van der Waals surface area contributed by atoms with Gasteiger partial charge < -0.3 is 4.90 Å². The molecule has 2 rings (SSSR count). The van der Waals surface area contributed by atoms with Crippen LogP contribution in [0.2, 0.25) is 4.34 Å². The van der Waals surface area contributed by atoms with Gasteiger partial charge in [0, 0.05) is 23.8 Å². The molecule has 1 amide bonds. The van der Waals surface area contributed by atoms with Crippen LogP contribution in [0.3, 0.4) is 0 Å². The Morgan fingerprint density at radius 2 is 1.75 bits per heavy atom. The first-order valence-corrected chi connectivity index (χ1v) is 6.66. The zero-order valence-corrected chi connectivity index (χ0v) is 11.2. The van der Waals surface area contributed by atoms with E-state index in [0.29, 0.717) is 0 Å². The number of amides is 1. The van der Waals surface area contributed by atoms with Gasteiger partial charge in [0.05, 0.1) is 9.21 Å². The molecule has 16 heavy (non-hydrogen) atoms. The van der Waals surface area contributed by atoms with Crippen LogP contribution >= 0.6 is 34.3 Å². The monoisotopic (exact) mass is 271 g/mol. The molecule has 0 saturated carbocycles. The lowest BCUT2D eigenvalue weighted by atomic mass is 10.3. The SMILES string of the molecule is CN(C)C(=O)c1ccc(-c2ccc(Cl)s2)s1. The molecule has 0 bridgehead atoms. The van der Waals surface area contributed by atoms with Gasteiger partial charge in [-0.15, -0.1) is 22.7 Å². The number of hydrogen-bond acceptors (Lipinski definition) is 3. The molecule has 0 spiro atoms. The third-order valence-electron chi connectivity index (χ3n) is 2.04. The van der Waals surface area contributed by atoms with Crippen molar-refractivity contribution in [3.63, 3.8) is 0 Å². The van der Waals surface area contributed by atoms with E-state index in [1.807, 2.05) is 24.3 Å². The molecule has 0 fully saturated rings. The summed E-state index contributed by atoms with van der Waals surface area (Å²) in [6, 6.07) is 7.66. The quantitative estimate of drug-likeness (QED) is 0.813. The number of halogens is 1. The van der Waals surface area contributed by atoms with E-state index in [2.05, 4.69) is 0 Å². The minimum atomic E-state index is 0.0407. The molecule has 0 aliphatic rings. The lowest BCUT2D eigenvalue weighted by Crippen LogP contribution is -2.20. The molecule has 0 atom stereocenters. The average Bonchev–Trinajstić information content (AvgIpc) is 2.84. The Labute approximate surface area is 107 Å². The summed E-state index contributed by atoms with van der Waals surface area (Å²) in [5, 5.41) is 0. The van der Waals surface area contributed by atoms with Gasteiger partial charge in [-0.3, -0.25) is 4.79 Å². The number of thiophene rings is 2. The first-order valence-electron chi connectivity index (χ1n) is 4.65. The Balaban J connectivity index is 2.29. The van der Waals surface area contributed by atoms with Crippen LogP contribution in [-0.4, -0.2) is 24.9 Å². The van der Waals surface area contributed by atoms with Gasteiger partial charge in [-0.05, 0) is 24.3 Å². The Bertz CT molecular complexity index is 516. The minimum absolute atomic E-state index is 0.0407. The Kier molecular flexibility index (Phi) is 3.33. The van der Waals surface area contributed by atoms with Crippen molar-refractivity contribution >= 4 is 40.2 Å². The van der Waals surface area contributed by atoms with Crippen molar-refractivity contribution in [1.29, 1.82) is 0 Å². The van der Waals surface area contributed by atoms with E-state index in [-0.39, 0.29) is 5.91 Å². The van der Waals surface area contributed by atoms with E-state index in [1.165, 1.54) is 22.7 Å². The average molecular weight is 272 g/mol. The van der Waals surface area contributed by atoms with E-state index in [4.69, 9.17) is 11.6 Å². The van der Waals surface area contributed by atoms with Gasteiger partial charge in [0.15, 0.2) is 0 Å². The maximum absolute atomic E-state index is 11.7. The third kappa shape index (κ3) is 2.29. The number of nitrogens with zero attached hydrogens (tertiary/aromatic N) is 1. The van der Waals surface area contributed by atoms with E-state index in [0.717, 1.165) is 19.0 Å². The predicted molar refractivity (Wildman–Crippen MR) is 70.7 cm³/mol. The number of hydrogen-bond donors (Lipinski definition) is 0. The van der Waals surface area contributed by atoms with Gasteiger partial charge in [-0.1, -0.05) is 11.6 Å². The fraction of sp³-hybridized carbons (Fsp3) is 0.182. The Hall–Kier alpha value is -0.840. The van der Waals surface area contributed by atoms with Gasteiger partial charge in [0.25, 0.3) is 5.91 Å². The predicted octanol–water partition coefficient (Wildman–Crippen LogP) is 3.83. The van der Waals surface area contributed by atoms with Crippen LogP contribution in [0, 0.1) is 0 Å². The third-order valence-corrected chi connectivity index (χ3v) is 4.54. The summed E-state index contributed by atoms with van der Waals surface area (Å²) >= 11 is 8.90. The molecule has 2 aromatic rings. The van der Waals surface area contributed by atoms with Crippen LogP contribution in [0.4, 0.5) is 0 Å². The van der Waals surface area contributed by atoms with Crippen LogP contribution < -0.4 is 0 Å². The summed E-state index contributed by atoms with van der Waals surface area (Å²) in [7, 11) is 3.51. The maximum Gasteiger partial charge on any atom is 0.263 e. The van der Waals surface area contributed by atoms with E-state index in [9.17, 15) is 4.79 Å². The maximum atomic E-state index is 11.7. The van der Waals surface area contributed by atoms with E-state index < -0.39 is 0 Å². The molecule has 2 aromatic heterocycles. The molecular weight excluding hydrogens is 262 g/mol. The molecule has 84 valence electrons. The van der Waals surface area contributed by atoms with Crippen LogP contribution in [0.15, 0.2) is 24.3 Å². The molecule has 0 N–H and O–H groups in total. The number of carbonyl (C=O) groups is 1. The molecule has 0 radical (unpaired) electrons. The Morgan fingerprint density at radius 1 is 1.12 bits per heavy atom. The molecule has 0 aliphatic carbocycles. The number of rotatable bonds is 2. The highest BCUT2D eigenvalue weighted by Crippen LogP contribution is 2.35. The highest BCUT2D eigenvalue weighted by molar-refractivity contribution is 7.24. The van der Waals surface area contributed by atoms with Gasteiger partial charge in [0.2, 0.25) is 0 Å². The van der Waals surface area contributed by atoms with Gasteiger partial charge in [0.1, 0.15) is 0 Å². The van der Waals surface area contributed by atoms with Crippen molar-refractivity contribution in [2.45, 2.75) is 0 Å². The second kappa shape index (κ2) is 4.57. The van der Waals surface area contributed by atoms with Crippen molar-refractivity contribution in [2.24, 2.45) is 0 Å². The minimum Gasteiger partial charge on any atom is -0.344 e. The molecule has 0 aliphatic heterocycles. The fourth-order valence-electron chi connectivity index (χ4n) is 1.25. The smallest absolute Gasteiger partial charge is 0.263 e. The van der Waals surface area contributed by atoms with Crippen molar-refractivity contribution < 1.29 is 4.79 Å². The topological polar surface area (TPSA) is 20.3 Å². The fourth-order valence-corrected chi connectivity index (χ4v) is 3.41. The summed E-state index contributed by atoms with van der Waals surface area (Å²) < 4.78 is 0.767. The zero-order chi connectivity index (χ0) is 11.7. The highest BCUT2D eigenvalue weighted by atomic mass is 35.5. The molecule has 5 heteroatoms. The second-order valence-electron chi connectivity index (χ2n) is 3.47. The van der Waals surface area contributed by atoms with Gasteiger partial charge in [-0.25, -0.2) is 0 Å². The van der Waals surface area contributed by atoms with Crippen LogP contribution in [0.25, 0.3) is 9.75 Å². The van der Waals surface area contributed by atoms with Gasteiger partial charge >= 0.3 is 0 Å². The van der Waals surface area contributed by atoms with Crippen LogP contribution in [0.1, 0.15) is 9.67 Å². The van der Waals surface area contributed by atoms with Crippen molar-refractivity contribution in [2.75, 3.05) is 14.1 Å². The number of carbonyl (C=O) groups excluding carboxylic acids is 1. The lowest BCUT2D eigenvalue weighted by molar-refractivity contribution is 0.0832. The zero-order valence-electron chi connectivity index (χ0n) is 8.86.